The largest absolute Gasteiger partial charge is 0.355 e. The molecule has 0 aromatic heterocycles. The molecule has 0 bridgehead atoms. The molecule has 1 rings (SSSR count). The van der Waals surface area contributed by atoms with Gasteiger partial charge in [0.2, 0.25) is 0 Å². The lowest BCUT2D eigenvalue weighted by atomic mass is 10.2. The molecule has 0 unspecified atom stereocenters. The lowest BCUT2D eigenvalue weighted by Gasteiger charge is -2.20. The maximum Gasteiger partial charge on any atom is 0.355 e. The quantitative estimate of drug-likeness (QED) is 0.475. The summed E-state index contributed by atoms with van der Waals surface area (Å²) in [5.41, 5.74) is 0. The van der Waals surface area contributed by atoms with Crippen molar-refractivity contribution in [3.63, 3.8) is 0 Å². The molecular weight excluding hydrogens is 114 g/mol. The molecule has 0 spiro atoms. The average molecular weight is 122 g/mol. The molecule has 1 aliphatic heterocycles. The molecule has 8 heavy (non-hydrogen) atoms. The van der Waals surface area contributed by atoms with Crippen LogP contribution in [-0.2, 0) is 4.74 Å². The van der Waals surface area contributed by atoms with E-state index < -0.39 is 6.11 Å². The zero-order valence-corrected chi connectivity index (χ0v) is 4.49. The van der Waals surface area contributed by atoms with Crippen molar-refractivity contribution in [2.75, 3.05) is 6.61 Å². The third kappa shape index (κ3) is 1.40. The zero-order valence-electron chi connectivity index (χ0n) is 4.49. The van der Waals surface area contributed by atoms with Crippen LogP contribution in [0.1, 0.15) is 19.3 Å². The molecular formula is C5H8F2O. The van der Waals surface area contributed by atoms with E-state index in [-0.39, 0.29) is 13.0 Å². The Labute approximate surface area is 46.6 Å². The summed E-state index contributed by atoms with van der Waals surface area (Å²) in [7, 11) is 0. The van der Waals surface area contributed by atoms with Crippen LogP contribution >= 0.6 is 0 Å². The van der Waals surface area contributed by atoms with Crippen LogP contribution in [0.5, 0.6) is 0 Å². The van der Waals surface area contributed by atoms with Crippen molar-refractivity contribution < 1.29 is 13.5 Å². The molecule has 0 amide bonds. The van der Waals surface area contributed by atoms with Crippen molar-refractivity contribution in [1.29, 1.82) is 0 Å². The summed E-state index contributed by atoms with van der Waals surface area (Å²) in [5, 5.41) is 0. The van der Waals surface area contributed by atoms with Gasteiger partial charge in [-0.15, -0.1) is 0 Å². The van der Waals surface area contributed by atoms with E-state index in [1.54, 1.807) is 0 Å². The van der Waals surface area contributed by atoms with E-state index in [0.717, 1.165) is 6.42 Å². The van der Waals surface area contributed by atoms with Crippen LogP contribution in [0.3, 0.4) is 0 Å². The van der Waals surface area contributed by atoms with Crippen molar-refractivity contribution in [3.05, 3.63) is 0 Å². The third-order valence-corrected chi connectivity index (χ3v) is 1.18. The minimum Gasteiger partial charge on any atom is -0.320 e. The molecule has 0 radical (unpaired) electrons. The Morgan fingerprint density at radius 1 is 1.25 bits per heavy atom. The van der Waals surface area contributed by atoms with Crippen LogP contribution in [0.4, 0.5) is 8.78 Å². The maximum absolute atomic E-state index is 12.0. The van der Waals surface area contributed by atoms with Gasteiger partial charge in [-0.1, -0.05) is 0 Å². The van der Waals surface area contributed by atoms with Crippen LogP contribution in [0, 0.1) is 0 Å². The fourth-order valence-corrected chi connectivity index (χ4v) is 0.727. The molecule has 1 heterocycles. The van der Waals surface area contributed by atoms with Gasteiger partial charge in [0.1, 0.15) is 0 Å². The SMILES string of the molecule is FC1(F)CCCCO1. The topological polar surface area (TPSA) is 9.23 Å². The molecule has 0 aliphatic carbocycles. The van der Waals surface area contributed by atoms with E-state index >= 15 is 0 Å². The van der Waals surface area contributed by atoms with Crippen LogP contribution < -0.4 is 0 Å². The lowest BCUT2D eigenvalue weighted by Crippen LogP contribution is -2.25. The number of halogens is 2. The minimum atomic E-state index is -2.82. The van der Waals surface area contributed by atoms with Gasteiger partial charge in [-0.05, 0) is 12.8 Å². The van der Waals surface area contributed by atoms with Crippen molar-refractivity contribution >= 4 is 0 Å². The summed E-state index contributed by atoms with van der Waals surface area (Å²) in [6.07, 6.45) is -1.56. The number of hydrogen-bond acceptors (Lipinski definition) is 1. The fraction of sp³-hybridized carbons (Fsp3) is 1.00. The molecule has 1 fully saturated rings. The fourth-order valence-electron chi connectivity index (χ4n) is 0.727. The predicted molar refractivity (Wildman–Crippen MR) is 24.7 cm³/mol. The summed E-state index contributed by atoms with van der Waals surface area (Å²) < 4.78 is 28.1. The van der Waals surface area contributed by atoms with Crippen LogP contribution in [0.2, 0.25) is 0 Å². The molecule has 1 nitrogen and oxygen atoms in total. The molecule has 3 heteroatoms. The van der Waals surface area contributed by atoms with Gasteiger partial charge in [0.25, 0.3) is 0 Å². The van der Waals surface area contributed by atoms with E-state index in [1.807, 2.05) is 0 Å². The Morgan fingerprint density at radius 2 is 2.00 bits per heavy atom. The summed E-state index contributed by atoms with van der Waals surface area (Å²) >= 11 is 0. The van der Waals surface area contributed by atoms with Gasteiger partial charge >= 0.3 is 6.11 Å². The Kier molecular flexibility index (Phi) is 1.47. The van der Waals surface area contributed by atoms with E-state index in [9.17, 15) is 8.78 Å². The highest BCUT2D eigenvalue weighted by molar-refractivity contribution is 4.58. The van der Waals surface area contributed by atoms with Gasteiger partial charge in [0.15, 0.2) is 0 Å². The second-order valence-electron chi connectivity index (χ2n) is 1.94. The standard InChI is InChI=1S/C5H8F2O/c6-5(7)3-1-2-4-8-5/h1-4H2. The van der Waals surface area contributed by atoms with Crippen molar-refractivity contribution in [3.8, 4) is 0 Å². The highest BCUT2D eigenvalue weighted by Gasteiger charge is 2.31. The number of rotatable bonds is 0. The van der Waals surface area contributed by atoms with E-state index in [4.69, 9.17) is 0 Å². The molecule has 0 atom stereocenters. The molecule has 0 aromatic carbocycles. The second-order valence-corrected chi connectivity index (χ2v) is 1.94. The molecule has 1 aliphatic rings. The highest BCUT2D eigenvalue weighted by Crippen LogP contribution is 2.26. The first-order valence-electron chi connectivity index (χ1n) is 2.72. The van der Waals surface area contributed by atoms with Gasteiger partial charge in [-0.3, -0.25) is 0 Å². The van der Waals surface area contributed by atoms with Gasteiger partial charge in [0, 0.05) is 6.42 Å². The summed E-state index contributed by atoms with van der Waals surface area (Å²) in [6.45, 7) is 0.215. The Hall–Kier alpha value is -0.180. The second kappa shape index (κ2) is 1.97. The lowest BCUT2D eigenvalue weighted by molar-refractivity contribution is -0.257. The van der Waals surface area contributed by atoms with Gasteiger partial charge in [-0.25, -0.2) is 0 Å². The normalized spacial score (nSPS) is 27.8. The van der Waals surface area contributed by atoms with Crippen molar-refractivity contribution in [2.45, 2.75) is 25.4 Å². The summed E-state index contributed by atoms with van der Waals surface area (Å²) in [5.74, 6) is 0. The summed E-state index contributed by atoms with van der Waals surface area (Å²) in [4.78, 5) is 0. The minimum absolute atomic E-state index is 0.104. The van der Waals surface area contributed by atoms with Crippen LogP contribution in [0.25, 0.3) is 0 Å². The zero-order chi connectivity index (χ0) is 6.04. The smallest absolute Gasteiger partial charge is 0.320 e. The highest BCUT2D eigenvalue weighted by atomic mass is 19.3. The van der Waals surface area contributed by atoms with E-state index in [1.165, 1.54) is 0 Å². The monoisotopic (exact) mass is 122 g/mol. The van der Waals surface area contributed by atoms with E-state index in [2.05, 4.69) is 4.74 Å². The van der Waals surface area contributed by atoms with Gasteiger partial charge in [-0.2, -0.15) is 8.78 Å². The first-order chi connectivity index (χ1) is 3.71. The Morgan fingerprint density at radius 3 is 2.25 bits per heavy atom. The third-order valence-electron chi connectivity index (χ3n) is 1.18. The van der Waals surface area contributed by atoms with Gasteiger partial charge < -0.3 is 4.74 Å². The number of hydrogen-bond donors (Lipinski definition) is 0. The first kappa shape index (κ1) is 5.95. The van der Waals surface area contributed by atoms with Crippen molar-refractivity contribution in [2.24, 2.45) is 0 Å². The van der Waals surface area contributed by atoms with Crippen LogP contribution in [-0.4, -0.2) is 12.7 Å². The predicted octanol–water partition coefficient (Wildman–Crippen LogP) is 1.78. The summed E-state index contributed by atoms with van der Waals surface area (Å²) in [6, 6.07) is 0. The molecule has 0 saturated carbocycles. The molecule has 1 saturated heterocycles. The number of ether oxygens (including phenoxy) is 1. The van der Waals surface area contributed by atoms with Crippen LogP contribution in [0.15, 0.2) is 0 Å². The Balaban J connectivity index is 2.33. The average Bonchev–Trinajstić information content (AvgIpc) is 1.65. The molecule has 0 aromatic rings. The molecule has 0 N–H and O–H groups in total. The van der Waals surface area contributed by atoms with Crippen molar-refractivity contribution in [1.82, 2.24) is 0 Å². The Bertz CT molecular complexity index is 74.5. The van der Waals surface area contributed by atoms with E-state index in [0.29, 0.717) is 6.42 Å². The number of alkyl halides is 2. The molecule has 48 valence electrons. The maximum atomic E-state index is 12.0. The van der Waals surface area contributed by atoms with Gasteiger partial charge in [0.05, 0.1) is 6.61 Å². The first-order valence-corrected chi connectivity index (χ1v) is 2.72.